The molecule has 0 radical (unpaired) electrons. The van der Waals surface area contributed by atoms with Crippen molar-refractivity contribution in [3.8, 4) is 0 Å². The van der Waals surface area contributed by atoms with Gasteiger partial charge in [0, 0.05) is 10.6 Å². The lowest BCUT2D eigenvalue weighted by Crippen LogP contribution is -2.05. The van der Waals surface area contributed by atoms with E-state index in [2.05, 4.69) is 0 Å². The van der Waals surface area contributed by atoms with E-state index in [0.29, 0.717) is 15.6 Å². The summed E-state index contributed by atoms with van der Waals surface area (Å²) in [5, 5.41) is 0.770. The molecule has 0 aromatic heterocycles. The highest BCUT2D eigenvalue weighted by atomic mass is 35.5. The van der Waals surface area contributed by atoms with E-state index in [-0.39, 0.29) is 0 Å². The van der Waals surface area contributed by atoms with Crippen LogP contribution >= 0.6 is 31.2 Å². The third kappa shape index (κ3) is 2.63. The fraction of sp³-hybridized carbons (Fsp3) is 0.143. The zero-order chi connectivity index (χ0) is 10.0. The van der Waals surface area contributed by atoms with Gasteiger partial charge in [0.05, 0.1) is 5.02 Å². The number of halogens is 2. The number of hydrogen-bond donors (Lipinski definition) is 2. The molecule has 0 aliphatic carbocycles. The van der Waals surface area contributed by atoms with E-state index in [0.717, 1.165) is 0 Å². The maximum atomic E-state index is 10.7. The van der Waals surface area contributed by atoms with E-state index in [1.54, 1.807) is 12.1 Å². The van der Waals surface area contributed by atoms with Gasteiger partial charge in [0.15, 0.2) is 0 Å². The minimum atomic E-state index is -2.46. The minimum absolute atomic E-state index is 0.303. The first kappa shape index (κ1) is 10.9. The van der Waals surface area contributed by atoms with Gasteiger partial charge in [0.2, 0.25) is 0 Å². The van der Waals surface area contributed by atoms with Crippen molar-refractivity contribution in [2.24, 2.45) is 5.73 Å². The molecule has 0 aliphatic rings. The monoisotopic (exact) mass is 238 g/mol. The molecule has 1 rings (SSSR count). The molecule has 0 bridgehead atoms. The lowest BCUT2D eigenvalue weighted by molar-refractivity contribution is 0.491. The molecular formula is C7H7Cl2NO2P+. The molecule has 2 atom stereocenters. The summed E-state index contributed by atoms with van der Waals surface area (Å²) in [5.74, 6) is -0.959. The average molecular weight is 239 g/mol. The largest absolute Gasteiger partial charge is 0.529 e. The second-order valence-corrected chi connectivity index (χ2v) is 4.42. The van der Waals surface area contributed by atoms with E-state index in [9.17, 15) is 4.57 Å². The number of hydrogen-bond acceptors (Lipinski definition) is 2. The first-order valence-electron chi connectivity index (χ1n) is 3.38. The van der Waals surface area contributed by atoms with Crippen LogP contribution in [0.25, 0.3) is 0 Å². The Hall–Kier alpha value is -0.180. The molecule has 0 saturated heterocycles. The predicted molar refractivity (Wildman–Crippen MR) is 53.2 cm³/mol. The van der Waals surface area contributed by atoms with Crippen LogP contribution in [0, 0.1) is 0 Å². The molecule has 0 fully saturated rings. The topological polar surface area (TPSA) is 63.3 Å². The van der Waals surface area contributed by atoms with Crippen LogP contribution in [0.4, 0.5) is 0 Å². The summed E-state index contributed by atoms with van der Waals surface area (Å²) < 4.78 is 10.7. The molecule has 1 aromatic rings. The second-order valence-electron chi connectivity index (χ2n) is 2.41. The number of rotatable bonds is 2. The Morgan fingerprint density at radius 2 is 2.08 bits per heavy atom. The van der Waals surface area contributed by atoms with E-state index in [1.165, 1.54) is 6.07 Å². The summed E-state index contributed by atoms with van der Waals surface area (Å²) >= 11 is 11.4. The maximum absolute atomic E-state index is 10.7. The third-order valence-corrected chi connectivity index (χ3v) is 2.84. The van der Waals surface area contributed by atoms with E-state index in [4.69, 9.17) is 33.8 Å². The lowest BCUT2D eigenvalue weighted by atomic mass is 10.2. The highest BCUT2D eigenvalue weighted by Crippen LogP contribution is 2.36. The Morgan fingerprint density at radius 1 is 1.46 bits per heavy atom. The third-order valence-electron chi connectivity index (χ3n) is 1.52. The standard InChI is InChI=1S/C7H6Cl2NO2P/c8-4-1-2-5(6(9)3-4)7(10)13(11)12/h1-3,7H,10H2/p+1. The van der Waals surface area contributed by atoms with Gasteiger partial charge in [-0.1, -0.05) is 23.2 Å². The van der Waals surface area contributed by atoms with E-state index in [1.807, 2.05) is 0 Å². The molecule has 0 aliphatic heterocycles. The van der Waals surface area contributed by atoms with Gasteiger partial charge in [-0.15, -0.1) is 0 Å². The molecule has 0 heterocycles. The predicted octanol–water partition coefficient (Wildman–Crippen LogP) is 2.69. The van der Waals surface area contributed by atoms with Crippen molar-refractivity contribution in [2.75, 3.05) is 0 Å². The fourth-order valence-electron chi connectivity index (χ4n) is 0.860. The van der Waals surface area contributed by atoms with Crippen LogP contribution in [-0.2, 0) is 4.57 Å². The normalized spacial score (nSPS) is 14.0. The molecule has 70 valence electrons. The van der Waals surface area contributed by atoms with Gasteiger partial charge in [-0.25, -0.2) is 0 Å². The SMILES string of the molecule is NC(c1ccc(Cl)cc1Cl)[P+](=O)O. The summed E-state index contributed by atoms with van der Waals surface area (Å²) in [6.45, 7) is 0. The molecule has 3 N–H and O–H groups in total. The fourth-order valence-corrected chi connectivity index (χ4v) is 1.93. The highest BCUT2D eigenvalue weighted by molar-refractivity contribution is 7.38. The van der Waals surface area contributed by atoms with E-state index < -0.39 is 13.8 Å². The summed E-state index contributed by atoms with van der Waals surface area (Å²) in [7, 11) is -2.46. The van der Waals surface area contributed by atoms with Crippen LogP contribution in [0.2, 0.25) is 10.0 Å². The molecule has 0 saturated carbocycles. The Labute approximate surface area is 86.3 Å². The summed E-state index contributed by atoms with van der Waals surface area (Å²) in [5.41, 5.74) is 5.85. The average Bonchev–Trinajstić information content (AvgIpc) is 2.03. The van der Waals surface area contributed by atoms with E-state index >= 15 is 0 Å². The Balaban J connectivity index is 3.08. The first-order chi connectivity index (χ1) is 6.02. The number of nitrogens with two attached hydrogens (primary N) is 1. The first-order valence-corrected chi connectivity index (χ1v) is 5.42. The van der Waals surface area contributed by atoms with Gasteiger partial charge in [-0.3, -0.25) is 5.73 Å². The summed E-state index contributed by atoms with van der Waals surface area (Å²) in [6.07, 6.45) is 0. The van der Waals surface area contributed by atoms with Crippen LogP contribution in [0.15, 0.2) is 18.2 Å². The second kappa shape index (κ2) is 4.36. The van der Waals surface area contributed by atoms with Gasteiger partial charge in [-0.2, -0.15) is 4.89 Å². The van der Waals surface area contributed by atoms with Crippen molar-refractivity contribution in [1.82, 2.24) is 0 Å². The van der Waals surface area contributed by atoms with Crippen LogP contribution in [0.1, 0.15) is 11.3 Å². The molecular weight excluding hydrogens is 232 g/mol. The van der Waals surface area contributed by atoms with Gasteiger partial charge in [0.1, 0.15) is 0 Å². The summed E-state index contributed by atoms with van der Waals surface area (Å²) in [6, 6.07) is 4.59. The molecule has 1 aromatic carbocycles. The van der Waals surface area contributed by atoms with Gasteiger partial charge < -0.3 is 0 Å². The van der Waals surface area contributed by atoms with Crippen LogP contribution in [0.5, 0.6) is 0 Å². The quantitative estimate of drug-likeness (QED) is 0.779. The minimum Gasteiger partial charge on any atom is -0.281 e. The molecule has 2 unspecified atom stereocenters. The Morgan fingerprint density at radius 3 is 2.54 bits per heavy atom. The Bertz CT molecular complexity index is 345. The molecule has 0 spiro atoms. The van der Waals surface area contributed by atoms with Gasteiger partial charge >= 0.3 is 8.03 Å². The van der Waals surface area contributed by atoms with Crippen LogP contribution in [-0.4, -0.2) is 4.89 Å². The molecule has 13 heavy (non-hydrogen) atoms. The van der Waals surface area contributed by atoms with Crippen molar-refractivity contribution in [2.45, 2.75) is 5.78 Å². The Kier molecular flexibility index (Phi) is 3.65. The molecule has 0 amide bonds. The van der Waals surface area contributed by atoms with Gasteiger partial charge in [0.25, 0.3) is 5.78 Å². The van der Waals surface area contributed by atoms with Crippen LogP contribution < -0.4 is 5.73 Å². The number of benzene rings is 1. The van der Waals surface area contributed by atoms with Gasteiger partial charge in [-0.05, 0) is 22.8 Å². The van der Waals surface area contributed by atoms with Crippen molar-refractivity contribution in [1.29, 1.82) is 0 Å². The summed E-state index contributed by atoms with van der Waals surface area (Å²) in [4.78, 5) is 8.76. The smallest absolute Gasteiger partial charge is 0.281 e. The van der Waals surface area contributed by atoms with Crippen LogP contribution in [0.3, 0.4) is 0 Å². The zero-order valence-corrected chi connectivity index (χ0v) is 8.85. The van der Waals surface area contributed by atoms with Crippen molar-refractivity contribution in [3.63, 3.8) is 0 Å². The van der Waals surface area contributed by atoms with Crippen molar-refractivity contribution < 1.29 is 9.46 Å². The van der Waals surface area contributed by atoms with Crippen molar-refractivity contribution in [3.05, 3.63) is 33.8 Å². The molecule has 6 heteroatoms. The van der Waals surface area contributed by atoms with Crippen molar-refractivity contribution >= 4 is 31.2 Å². The molecule has 3 nitrogen and oxygen atoms in total. The highest BCUT2D eigenvalue weighted by Gasteiger charge is 2.28. The zero-order valence-electron chi connectivity index (χ0n) is 6.45. The lowest BCUT2D eigenvalue weighted by Gasteiger charge is -2.02. The maximum Gasteiger partial charge on any atom is 0.529 e.